The first-order valence-corrected chi connectivity index (χ1v) is 11.2. The Morgan fingerprint density at radius 3 is 2.23 bits per heavy atom. The number of halogens is 2. The van der Waals surface area contributed by atoms with Crippen LogP contribution in [0.1, 0.15) is 69.1 Å². The zero-order valence-corrected chi connectivity index (χ0v) is 18.0. The number of benzene rings is 2. The van der Waals surface area contributed by atoms with E-state index in [0.717, 1.165) is 24.0 Å². The topological polar surface area (TPSA) is 9.23 Å². The van der Waals surface area contributed by atoms with Crippen LogP contribution in [0.25, 0.3) is 6.08 Å². The summed E-state index contributed by atoms with van der Waals surface area (Å²) in [5, 5.41) is 0. The van der Waals surface area contributed by atoms with E-state index in [1.807, 2.05) is 36.4 Å². The molecular weight excluding hydrogens is 378 g/mol. The Bertz CT molecular complexity index is 753. The van der Waals surface area contributed by atoms with E-state index < -0.39 is 6.43 Å². The molecule has 2 atom stereocenters. The van der Waals surface area contributed by atoms with E-state index in [4.69, 9.17) is 4.74 Å². The number of hydrogen-bond acceptors (Lipinski definition) is 1. The van der Waals surface area contributed by atoms with Gasteiger partial charge in [-0.2, -0.15) is 0 Å². The SMILES string of the molecule is CC(CCC(F)F)(COC(C=Cc1ccccc1)c1ccccc1)C1CCCCC1. The maximum absolute atomic E-state index is 13.1. The molecule has 1 aliphatic carbocycles. The van der Waals surface area contributed by atoms with Crippen molar-refractivity contribution in [2.24, 2.45) is 11.3 Å². The second-order valence-electron chi connectivity index (χ2n) is 8.83. The highest BCUT2D eigenvalue weighted by atomic mass is 19.3. The molecule has 0 radical (unpaired) electrons. The van der Waals surface area contributed by atoms with Gasteiger partial charge in [0.2, 0.25) is 6.43 Å². The molecule has 1 aliphatic rings. The molecule has 0 aliphatic heterocycles. The molecule has 1 nitrogen and oxygen atoms in total. The van der Waals surface area contributed by atoms with Crippen LogP contribution in [-0.2, 0) is 4.74 Å². The third-order valence-corrected chi connectivity index (χ3v) is 6.51. The molecule has 0 N–H and O–H groups in total. The Hall–Kier alpha value is -2.00. The van der Waals surface area contributed by atoms with Gasteiger partial charge >= 0.3 is 0 Å². The van der Waals surface area contributed by atoms with Gasteiger partial charge in [-0.05, 0) is 41.7 Å². The van der Waals surface area contributed by atoms with Crippen molar-refractivity contribution in [2.45, 2.75) is 64.4 Å². The minimum Gasteiger partial charge on any atom is -0.369 e. The average Bonchev–Trinajstić information content (AvgIpc) is 2.79. The highest BCUT2D eigenvalue weighted by molar-refractivity contribution is 5.50. The molecule has 1 saturated carbocycles. The first-order chi connectivity index (χ1) is 14.6. The van der Waals surface area contributed by atoms with Gasteiger partial charge in [-0.15, -0.1) is 0 Å². The lowest BCUT2D eigenvalue weighted by molar-refractivity contribution is -0.0325. The van der Waals surface area contributed by atoms with Gasteiger partial charge in [-0.3, -0.25) is 0 Å². The van der Waals surface area contributed by atoms with E-state index >= 15 is 0 Å². The zero-order chi connectivity index (χ0) is 21.2. The fourth-order valence-corrected chi connectivity index (χ4v) is 4.58. The average molecular weight is 413 g/mol. The van der Waals surface area contributed by atoms with Crippen molar-refractivity contribution < 1.29 is 13.5 Å². The van der Waals surface area contributed by atoms with Crippen LogP contribution < -0.4 is 0 Å². The van der Waals surface area contributed by atoms with Crippen LogP contribution in [0.4, 0.5) is 8.78 Å². The van der Waals surface area contributed by atoms with Crippen LogP contribution >= 0.6 is 0 Å². The maximum atomic E-state index is 13.1. The summed E-state index contributed by atoms with van der Waals surface area (Å²) in [4.78, 5) is 0. The Morgan fingerprint density at radius 2 is 1.60 bits per heavy atom. The first-order valence-electron chi connectivity index (χ1n) is 11.2. The molecule has 0 saturated heterocycles. The second-order valence-corrected chi connectivity index (χ2v) is 8.83. The van der Waals surface area contributed by atoms with E-state index in [1.165, 1.54) is 19.3 Å². The van der Waals surface area contributed by atoms with Crippen molar-refractivity contribution in [3.8, 4) is 0 Å². The maximum Gasteiger partial charge on any atom is 0.238 e. The monoisotopic (exact) mass is 412 g/mol. The highest BCUT2D eigenvalue weighted by Crippen LogP contribution is 2.43. The summed E-state index contributed by atoms with van der Waals surface area (Å²) in [5.41, 5.74) is 1.99. The van der Waals surface area contributed by atoms with Crippen LogP contribution in [0.2, 0.25) is 0 Å². The molecule has 3 heteroatoms. The van der Waals surface area contributed by atoms with Crippen LogP contribution in [0.5, 0.6) is 0 Å². The summed E-state index contributed by atoms with van der Waals surface area (Å²) in [7, 11) is 0. The van der Waals surface area contributed by atoms with Crippen LogP contribution in [0.3, 0.4) is 0 Å². The molecule has 0 bridgehead atoms. The van der Waals surface area contributed by atoms with E-state index in [0.29, 0.717) is 18.9 Å². The van der Waals surface area contributed by atoms with Gasteiger partial charge in [0.1, 0.15) is 6.10 Å². The lowest BCUT2D eigenvalue weighted by Crippen LogP contribution is -2.35. The zero-order valence-electron chi connectivity index (χ0n) is 18.0. The molecule has 0 heterocycles. The third-order valence-electron chi connectivity index (χ3n) is 6.51. The third kappa shape index (κ3) is 6.77. The fraction of sp³-hybridized carbons (Fsp3) is 0.481. The minimum atomic E-state index is -2.25. The van der Waals surface area contributed by atoms with Crippen molar-refractivity contribution in [2.75, 3.05) is 6.61 Å². The summed E-state index contributed by atoms with van der Waals surface area (Å²) in [5.74, 6) is 0.458. The number of hydrogen-bond donors (Lipinski definition) is 0. The number of ether oxygens (including phenoxy) is 1. The van der Waals surface area contributed by atoms with Gasteiger partial charge in [0.25, 0.3) is 0 Å². The van der Waals surface area contributed by atoms with Gasteiger partial charge < -0.3 is 4.74 Å². The predicted octanol–water partition coefficient (Wildman–Crippen LogP) is 8.09. The molecule has 1 fully saturated rings. The predicted molar refractivity (Wildman–Crippen MR) is 121 cm³/mol. The summed E-state index contributed by atoms with van der Waals surface area (Å²) < 4.78 is 32.6. The van der Waals surface area contributed by atoms with Crippen molar-refractivity contribution in [3.63, 3.8) is 0 Å². The number of alkyl halides is 2. The summed E-state index contributed by atoms with van der Waals surface area (Å²) in [6.45, 7) is 2.66. The fourth-order valence-electron chi connectivity index (χ4n) is 4.58. The molecule has 3 rings (SSSR count). The van der Waals surface area contributed by atoms with Crippen molar-refractivity contribution in [1.82, 2.24) is 0 Å². The lowest BCUT2D eigenvalue weighted by atomic mass is 9.68. The van der Waals surface area contributed by atoms with Gasteiger partial charge in [0, 0.05) is 6.42 Å². The molecule has 0 aromatic heterocycles. The van der Waals surface area contributed by atoms with E-state index in [9.17, 15) is 8.78 Å². The Kier molecular flexibility index (Phi) is 8.62. The molecule has 162 valence electrons. The standard InChI is InChI=1S/C27H34F2O/c1-27(20-19-26(28)29,24-15-9-4-10-16-24)21-30-25(23-13-7-3-8-14-23)18-17-22-11-5-2-6-12-22/h2-3,5-8,11-14,17-18,24-26H,4,9-10,15-16,19-21H2,1H3. The van der Waals surface area contributed by atoms with Crippen molar-refractivity contribution >= 4 is 6.08 Å². The van der Waals surface area contributed by atoms with Crippen LogP contribution in [-0.4, -0.2) is 13.0 Å². The molecular formula is C27H34F2O. The molecule has 2 aromatic carbocycles. The molecule has 30 heavy (non-hydrogen) atoms. The largest absolute Gasteiger partial charge is 0.369 e. The van der Waals surface area contributed by atoms with Gasteiger partial charge in [0.15, 0.2) is 0 Å². The normalized spacial score (nSPS) is 18.5. The van der Waals surface area contributed by atoms with Crippen LogP contribution in [0, 0.1) is 11.3 Å². The first kappa shape index (κ1) is 22.7. The van der Waals surface area contributed by atoms with Crippen molar-refractivity contribution in [3.05, 3.63) is 77.9 Å². The summed E-state index contributed by atoms with van der Waals surface area (Å²) in [6, 6.07) is 20.3. The quantitative estimate of drug-likeness (QED) is 0.383. The second kappa shape index (κ2) is 11.4. The van der Waals surface area contributed by atoms with E-state index in [1.54, 1.807) is 0 Å². The Morgan fingerprint density at radius 1 is 0.967 bits per heavy atom. The molecule has 2 aromatic rings. The van der Waals surface area contributed by atoms with Crippen LogP contribution in [0.15, 0.2) is 66.7 Å². The smallest absolute Gasteiger partial charge is 0.238 e. The van der Waals surface area contributed by atoms with Crippen molar-refractivity contribution in [1.29, 1.82) is 0 Å². The molecule has 2 unspecified atom stereocenters. The Balaban J connectivity index is 1.76. The van der Waals surface area contributed by atoms with Gasteiger partial charge in [-0.1, -0.05) is 99.0 Å². The molecule has 0 spiro atoms. The summed E-state index contributed by atoms with van der Waals surface area (Å²) >= 11 is 0. The Labute approximate surface area is 180 Å². The van der Waals surface area contributed by atoms with E-state index in [2.05, 4.69) is 43.3 Å². The van der Waals surface area contributed by atoms with E-state index in [-0.39, 0.29) is 17.9 Å². The molecule has 0 amide bonds. The number of rotatable bonds is 10. The van der Waals surface area contributed by atoms with Gasteiger partial charge in [-0.25, -0.2) is 8.78 Å². The van der Waals surface area contributed by atoms with Gasteiger partial charge in [0.05, 0.1) is 6.61 Å². The minimum absolute atomic E-state index is 0.0494. The highest BCUT2D eigenvalue weighted by Gasteiger charge is 2.36. The summed E-state index contributed by atoms with van der Waals surface area (Å²) in [6.07, 6.45) is 8.08. The lowest BCUT2D eigenvalue weighted by Gasteiger charge is -2.40.